The van der Waals surface area contributed by atoms with E-state index in [1.165, 1.54) is 0 Å². The van der Waals surface area contributed by atoms with Gasteiger partial charge in [0.2, 0.25) is 0 Å². The van der Waals surface area contributed by atoms with Crippen molar-refractivity contribution in [2.45, 2.75) is 18.1 Å². The molecule has 1 amide bonds. The monoisotopic (exact) mass is 379 g/mol. The van der Waals surface area contributed by atoms with Crippen LogP contribution in [0.4, 0.5) is 0 Å². The maximum atomic E-state index is 12.6. The van der Waals surface area contributed by atoms with Gasteiger partial charge in [-0.2, -0.15) is 0 Å². The summed E-state index contributed by atoms with van der Waals surface area (Å²) in [5.74, 6) is -1.79. The molecule has 1 aliphatic heterocycles. The van der Waals surface area contributed by atoms with Crippen molar-refractivity contribution in [1.82, 2.24) is 0 Å². The van der Waals surface area contributed by atoms with Gasteiger partial charge in [-0.3, -0.25) is 4.79 Å². The van der Waals surface area contributed by atoms with Gasteiger partial charge in [0, 0.05) is 15.6 Å². The van der Waals surface area contributed by atoms with Crippen LogP contribution in [0.5, 0.6) is 0 Å². The van der Waals surface area contributed by atoms with E-state index >= 15 is 0 Å². The molecule has 2 atom stereocenters. The highest BCUT2D eigenvalue weighted by molar-refractivity contribution is 6.32. The fraction of sp³-hybridized carbons (Fsp3) is 0.222. The lowest BCUT2D eigenvalue weighted by Gasteiger charge is -2.19. The van der Waals surface area contributed by atoms with Gasteiger partial charge >= 0.3 is 5.97 Å². The zero-order valence-electron chi connectivity index (χ0n) is 13.3. The molecular formula is C18H15Cl2NO4. The minimum Gasteiger partial charge on any atom is -0.463 e. The lowest BCUT2D eigenvalue weighted by molar-refractivity contribution is -0.153. The molecule has 25 heavy (non-hydrogen) atoms. The number of primary amides is 1. The van der Waals surface area contributed by atoms with Crippen molar-refractivity contribution >= 4 is 35.1 Å². The van der Waals surface area contributed by atoms with E-state index in [2.05, 4.69) is 0 Å². The zero-order valence-corrected chi connectivity index (χ0v) is 14.8. The molecule has 2 aromatic rings. The van der Waals surface area contributed by atoms with Crippen LogP contribution < -0.4 is 5.73 Å². The molecule has 0 aromatic heterocycles. The summed E-state index contributed by atoms with van der Waals surface area (Å²) in [4.78, 5) is 24.9. The van der Waals surface area contributed by atoms with Crippen LogP contribution in [0, 0.1) is 0 Å². The molecule has 1 saturated heterocycles. The van der Waals surface area contributed by atoms with E-state index in [0.717, 1.165) is 0 Å². The number of epoxide rings is 1. The Morgan fingerprint density at radius 1 is 1.12 bits per heavy atom. The molecule has 2 aromatic carbocycles. The number of esters is 1. The Kier molecular flexibility index (Phi) is 4.49. The molecule has 1 heterocycles. The standard InChI is InChI=1S/C18H15Cl2NO4/c1-2-24-16(23)18(15(21)22)17(25-18,11-7-9-12(19)10-8-11)13-5-3-4-6-14(13)20/h3-10H,2H2,1H3,(H2,21,22)/t17-,18-/m0/s1. The van der Waals surface area contributed by atoms with Crippen molar-refractivity contribution in [1.29, 1.82) is 0 Å². The fourth-order valence-electron chi connectivity index (χ4n) is 3.04. The number of benzene rings is 2. The third-order valence-corrected chi connectivity index (χ3v) is 4.76. The Hall–Kier alpha value is -2.08. The SMILES string of the molecule is CCOC(=O)[C@]1(C(N)=O)O[C@@]1(c1ccc(Cl)cc1)c1ccccc1Cl. The van der Waals surface area contributed by atoms with Crippen LogP contribution in [-0.4, -0.2) is 24.1 Å². The normalized spacial score (nSPS) is 24.6. The minimum atomic E-state index is -1.98. The Labute approximate surface area is 154 Å². The smallest absolute Gasteiger partial charge is 0.352 e. The number of amides is 1. The number of rotatable bonds is 5. The average Bonchev–Trinajstić information content (AvgIpc) is 3.29. The van der Waals surface area contributed by atoms with Crippen LogP contribution in [0.3, 0.4) is 0 Å². The molecule has 0 bridgehead atoms. The molecule has 1 aliphatic rings. The van der Waals surface area contributed by atoms with Gasteiger partial charge in [0.15, 0.2) is 5.60 Å². The van der Waals surface area contributed by atoms with E-state index in [9.17, 15) is 9.59 Å². The maximum absolute atomic E-state index is 12.6. The Morgan fingerprint density at radius 3 is 2.32 bits per heavy atom. The molecular weight excluding hydrogens is 365 g/mol. The summed E-state index contributed by atoms with van der Waals surface area (Å²) in [5.41, 5.74) is 3.09. The van der Waals surface area contributed by atoms with Gasteiger partial charge in [-0.25, -0.2) is 4.79 Å². The first-order chi connectivity index (χ1) is 11.9. The highest BCUT2D eigenvalue weighted by atomic mass is 35.5. The summed E-state index contributed by atoms with van der Waals surface area (Å²) < 4.78 is 10.8. The quantitative estimate of drug-likeness (QED) is 0.491. The molecule has 0 radical (unpaired) electrons. The van der Waals surface area contributed by atoms with Crippen LogP contribution in [0.25, 0.3) is 0 Å². The van der Waals surface area contributed by atoms with Crippen LogP contribution in [0.1, 0.15) is 18.1 Å². The number of carbonyl (C=O) groups excluding carboxylic acids is 2. The minimum absolute atomic E-state index is 0.0798. The van der Waals surface area contributed by atoms with Gasteiger partial charge in [0.05, 0.1) is 6.61 Å². The summed E-state index contributed by atoms with van der Waals surface area (Å²) in [6, 6.07) is 13.4. The van der Waals surface area contributed by atoms with Crippen LogP contribution in [-0.2, 0) is 24.7 Å². The van der Waals surface area contributed by atoms with Crippen LogP contribution in [0.2, 0.25) is 10.0 Å². The third-order valence-electron chi connectivity index (χ3n) is 4.17. The predicted molar refractivity (Wildman–Crippen MR) is 93.3 cm³/mol. The average molecular weight is 380 g/mol. The van der Waals surface area contributed by atoms with Crippen molar-refractivity contribution in [3.8, 4) is 0 Å². The van der Waals surface area contributed by atoms with Gasteiger partial charge in [-0.1, -0.05) is 53.5 Å². The van der Waals surface area contributed by atoms with Crippen LogP contribution >= 0.6 is 23.2 Å². The topological polar surface area (TPSA) is 81.9 Å². The first-order valence-corrected chi connectivity index (χ1v) is 8.34. The van der Waals surface area contributed by atoms with E-state index in [4.69, 9.17) is 38.4 Å². The van der Waals surface area contributed by atoms with Crippen molar-refractivity contribution in [3.05, 3.63) is 69.7 Å². The molecule has 3 rings (SSSR count). The Bertz CT molecular complexity index is 839. The number of hydrogen-bond donors (Lipinski definition) is 1. The largest absolute Gasteiger partial charge is 0.463 e. The first kappa shape index (κ1) is 17.7. The summed E-state index contributed by atoms with van der Waals surface area (Å²) in [5, 5.41) is 0.837. The Balaban J connectivity index is 2.25. The summed E-state index contributed by atoms with van der Waals surface area (Å²) in [7, 11) is 0. The van der Waals surface area contributed by atoms with E-state index < -0.39 is 23.1 Å². The summed E-state index contributed by atoms with van der Waals surface area (Å²) >= 11 is 12.3. The molecule has 2 N–H and O–H groups in total. The number of carbonyl (C=O) groups is 2. The van der Waals surface area contributed by atoms with Crippen LogP contribution in [0.15, 0.2) is 48.5 Å². The molecule has 7 heteroatoms. The summed E-state index contributed by atoms with van der Waals surface area (Å²) in [6.45, 7) is 1.71. The predicted octanol–water partition coefficient (Wildman–Crippen LogP) is 3.05. The Morgan fingerprint density at radius 2 is 1.76 bits per heavy atom. The number of halogens is 2. The lowest BCUT2D eigenvalue weighted by Crippen LogP contribution is -2.46. The van der Waals surface area contributed by atoms with Gasteiger partial charge in [0.1, 0.15) is 0 Å². The van der Waals surface area contributed by atoms with Gasteiger partial charge in [0.25, 0.3) is 11.5 Å². The third kappa shape index (κ3) is 2.51. The van der Waals surface area contributed by atoms with E-state index in [0.29, 0.717) is 21.2 Å². The molecule has 1 fully saturated rings. The van der Waals surface area contributed by atoms with Crippen molar-refractivity contribution in [2.24, 2.45) is 5.73 Å². The maximum Gasteiger partial charge on any atom is 0.352 e. The highest BCUT2D eigenvalue weighted by Gasteiger charge is 2.82. The van der Waals surface area contributed by atoms with Crippen molar-refractivity contribution in [3.63, 3.8) is 0 Å². The number of nitrogens with two attached hydrogens (primary N) is 1. The van der Waals surface area contributed by atoms with Crippen molar-refractivity contribution in [2.75, 3.05) is 6.61 Å². The molecule has 0 aliphatic carbocycles. The highest BCUT2D eigenvalue weighted by Crippen LogP contribution is 2.62. The van der Waals surface area contributed by atoms with E-state index in [-0.39, 0.29) is 6.61 Å². The molecule has 5 nitrogen and oxygen atoms in total. The van der Waals surface area contributed by atoms with Crippen molar-refractivity contribution < 1.29 is 19.1 Å². The van der Waals surface area contributed by atoms with Gasteiger partial charge < -0.3 is 15.2 Å². The van der Waals surface area contributed by atoms with Gasteiger partial charge in [-0.05, 0) is 30.7 Å². The molecule has 0 saturated carbocycles. The van der Waals surface area contributed by atoms with Gasteiger partial charge in [-0.15, -0.1) is 0 Å². The second-order valence-electron chi connectivity index (χ2n) is 5.54. The lowest BCUT2D eigenvalue weighted by atomic mass is 9.80. The first-order valence-electron chi connectivity index (χ1n) is 7.58. The zero-order chi connectivity index (χ0) is 18.2. The van der Waals surface area contributed by atoms with E-state index in [1.807, 2.05) is 0 Å². The molecule has 0 spiro atoms. The fourth-order valence-corrected chi connectivity index (χ4v) is 3.44. The summed E-state index contributed by atoms with van der Waals surface area (Å²) in [6.07, 6.45) is 0. The second kappa shape index (κ2) is 6.33. The van der Waals surface area contributed by atoms with E-state index in [1.54, 1.807) is 55.5 Å². The number of hydrogen-bond acceptors (Lipinski definition) is 4. The molecule has 130 valence electrons. The number of ether oxygens (including phenoxy) is 2. The molecule has 0 unspecified atom stereocenters. The second-order valence-corrected chi connectivity index (χ2v) is 6.38.